The first-order valence-electron chi connectivity index (χ1n) is 7.01. The van der Waals surface area contributed by atoms with Gasteiger partial charge in [-0.05, 0) is 48.6 Å². The van der Waals surface area contributed by atoms with E-state index >= 15 is 0 Å². The Hall–Kier alpha value is -1.57. The number of carbonyl (C=O) groups is 1. The number of allylic oxidation sites excluding steroid dienone is 2. The largest absolute Gasteiger partial charge is 0.497 e. The maximum atomic E-state index is 12.3. The SMILES string of the molecule is COc1ccc2c(c1)C1(C)CCCC(C)C1=CC2=O. The van der Waals surface area contributed by atoms with E-state index in [4.69, 9.17) is 4.74 Å². The first kappa shape index (κ1) is 12.5. The van der Waals surface area contributed by atoms with Crippen LogP contribution in [0.25, 0.3) is 0 Å². The Balaban J connectivity index is 2.21. The zero-order valence-electron chi connectivity index (χ0n) is 11.8. The Morgan fingerprint density at radius 1 is 1.37 bits per heavy atom. The third-order valence-corrected chi connectivity index (χ3v) is 4.86. The molecular formula is C17H20O2. The minimum Gasteiger partial charge on any atom is -0.497 e. The van der Waals surface area contributed by atoms with Gasteiger partial charge in [0.25, 0.3) is 0 Å². The molecule has 0 aliphatic heterocycles. The van der Waals surface area contributed by atoms with Gasteiger partial charge in [-0.2, -0.15) is 0 Å². The maximum absolute atomic E-state index is 12.3. The van der Waals surface area contributed by atoms with E-state index in [0.717, 1.165) is 23.3 Å². The number of ketones is 1. The van der Waals surface area contributed by atoms with Gasteiger partial charge in [-0.25, -0.2) is 0 Å². The molecular weight excluding hydrogens is 236 g/mol. The molecule has 0 N–H and O–H groups in total. The summed E-state index contributed by atoms with van der Waals surface area (Å²) in [6.45, 7) is 4.51. The maximum Gasteiger partial charge on any atom is 0.186 e. The minimum absolute atomic E-state index is 0.00937. The Morgan fingerprint density at radius 2 is 2.16 bits per heavy atom. The third kappa shape index (κ3) is 1.73. The van der Waals surface area contributed by atoms with Gasteiger partial charge in [0.15, 0.2) is 5.78 Å². The molecule has 0 amide bonds. The fraction of sp³-hybridized carbons (Fsp3) is 0.471. The number of hydrogen-bond acceptors (Lipinski definition) is 2. The molecule has 2 aliphatic rings. The number of carbonyl (C=O) groups excluding carboxylic acids is 1. The van der Waals surface area contributed by atoms with Crippen LogP contribution in [-0.4, -0.2) is 12.9 Å². The van der Waals surface area contributed by atoms with E-state index in [2.05, 4.69) is 19.9 Å². The average Bonchev–Trinajstić information content (AvgIpc) is 2.41. The highest BCUT2D eigenvalue weighted by Gasteiger charge is 2.42. The number of ether oxygens (including phenoxy) is 1. The van der Waals surface area contributed by atoms with Crippen LogP contribution in [0.2, 0.25) is 0 Å². The molecule has 0 spiro atoms. The number of fused-ring (bicyclic) bond motifs is 3. The third-order valence-electron chi connectivity index (χ3n) is 4.86. The first-order valence-corrected chi connectivity index (χ1v) is 7.01. The second-order valence-corrected chi connectivity index (χ2v) is 6.00. The molecule has 1 aromatic carbocycles. The highest BCUT2D eigenvalue weighted by molar-refractivity contribution is 6.08. The van der Waals surface area contributed by atoms with Crippen molar-refractivity contribution in [3.63, 3.8) is 0 Å². The van der Waals surface area contributed by atoms with Crippen molar-refractivity contribution in [1.29, 1.82) is 0 Å². The van der Waals surface area contributed by atoms with Crippen molar-refractivity contribution >= 4 is 5.78 Å². The molecule has 0 bridgehead atoms. The van der Waals surface area contributed by atoms with Gasteiger partial charge in [-0.1, -0.05) is 25.8 Å². The number of rotatable bonds is 1. The van der Waals surface area contributed by atoms with E-state index in [0.29, 0.717) is 5.92 Å². The van der Waals surface area contributed by atoms with E-state index in [-0.39, 0.29) is 11.2 Å². The van der Waals surface area contributed by atoms with Crippen LogP contribution in [0.1, 0.15) is 49.0 Å². The fourth-order valence-corrected chi connectivity index (χ4v) is 3.74. The Morgan fingerprint density at radius 3 is 2.89 bits per heavy atom. The topological polar surface area (TPSA) is 26.3 Å². The van der Waals surface area contributed by atoms with Crippen LogP contribution in [0.15, 0.2) is 29.8 Å². The van der Waals surface area contributed by atoms with Gasteiger partial charge in [-0.15, -0.1) is 0 Å². The van der Waals surface area contributed by atoms with Gasteiger partial charge in [0.2, 0.25) is 0 Å². The first-order chi connectivity index (χ1) is 9.06. The van der Waals surface area contributed by atoms with E-state index in [1.807, 2.05) is 18.2 Å². The summed E-state index contributed by atoms with van der Waals surface area (Å²) in [5.41, 5.74) is 3.32. The molecule has 2 atom stereocenters. The minimum atomic E-state index is 0.00937. The second kappa shape index (κ2) is 4.22. The summed E-state index contributed by atoms with van der Waals surface area (Å²) in [6.07, 6.45) is 5.42. The summed E-state index contributed by atoms with van der Waals surface area (Å²) < 4.78 is 5.34. The lowest BCUT2D eigenvalue weighted by Gasteiger charge is -2.43. The molecule has 2 heteroatoms. The molecule has 0 aromatic heterocycles. The van der Waals surface area contributed by atoms with Crippen molar-refractivity contribution in [2.75, 3.05) is 7.11 Å². The Kier molecular flexibility index (Phi) is 2.77. The molecule has 2 aliphatic carbocycles. The molecule has 2 nitrogen and oxygen atoms in total. The number of methoxy groups -OCH3 is 1. The molecule has 0 saturated heterocycles. The highest BCUT2D eigenvalue weighted by atomic mass is 16.5. The molecule has 1 aromatic rings. The zero-order chi connectivity index (χ0) is 13.6. The van der Waals surface area contributed by atoms with Crippen LogP contribution in [-0.2, 0) is 5.41 Å². The van der Waals surface area contributed by atoms with E-state index < -0.39 is 0 Å². The Bertz CT molecular complexity index is 571. The quantitative estimate of drug-likeness (QED) is 0.762. The molecule has 0 heterocycles. The predicted molar refractivity (Wildman–Crippen MR) is 75.8 cm³/mol. The molecule has 1 saturated carbocycles. The van der Waals surface area contributed by atoms with Crippen molar-refractivity contribution in [1.82, 2.24) is 0 Å². The summed E-state index contributed by atoms with van der Waals surface area (Å²) in [6, 6.07) is 5.84. The van der Waals surface area contributed by atoms with Crippen LogP contribution in [0.5, 0.6) is 5.75 Å². The van der Waals surface area contributed by atoms with Crippen LogP contribution in [0.3, 0.4) is 0 Å². The van der Waals surface area contributed by atoms with E-state index in [9.17, 15) is 4.79 Å². The zero-order valence-corrected chi connectivity index (χ0v) is 11.8. The van der Waals surface area contributed by atoms with Crippen molar-refractivity contribution < 1.29 is 9.53 Å². The van der Waals surface area contributed by atoms with Gasteiger partial charge in [-0.3, -0.25) is 4.79 Å². The molecule has 2 unspecified atom stereocenters. The highest BCUT2D eigenvalue weighted by Crippen LogP contribution is 2.49. The summed E-state index contributed by atoms with van der Waals surface area (Å²) in [5, 5.41) is 0. The monoisotopic (exact) mass is 256 g/mol. The van der Waals surface area contributed by atoms with Crippen molar-refractivity contribution in [2.24, 2.45) is 5.92 Å². The van der Waals surface area contributed by atoms with Crippen molar-refractivity contribution in [3.05, 3.63) is 41.0 Å². The summed E-state index contributed by atoms with van der Waals surface area (Å²) in [5.74, 6) is 1.49. The van der Waals surface area contributed by atoms with Crippen molar-refractivity contribution in [3.8, 4) is 5.75 Å². The number of benzene rings is 1. The van der Waals surface area contributed by atoms with Gasteiger partial charge >= 0.3 is 0 Å². The van der Waals surface area contributed by atoms with E-state index in [1.54, 1.807) is 7.11 Å². The molecule has 1 fully saturated rings. The lowest BCUT2D eigenvalue weighted by molar-refractivity contribution is 0.103. The van der Waals surface area contributed by atoms with Gasteiger partial charge in [0, 0.05) is 11.0 Å². The van der Waals surface area contributed by atoms with Gasteiger partial charge in [0.1, 0.15) is 5.75 Å². The van der Waals surface area contributed by atoms with Crippen LogP contribution >= 0.6 is 0 Å². The molecule has 0 radical (unpaired) electrons. The van der Waals surface area contributed by atoms with Gasteiger partial charge in [0.05, 0.1) is 7.11 Å². The normalized spacial score (nSPS) is 29.3. The fourth-order valence-electron chi connectivity index (χ4n) is 3.74. The molecule has 100 valence electrons. The second-order valence-electron chi connectivity index (χ2n) is 6.00. The Labute approximate surface area is 114 Å². The van der Waals surface area contributed by atoms with Gasteiger partial charge < -0.3 is 4.74 Å². The standard InChI is InChI=1S/C17H20O2/c1-11-5-4-8-17(2)14(11)10-16(18)13-7-6-12(19-3)9-15(13)17/h6-7,9-11H,4-5,8H2,1-3H3. The molecule has 3 rings (SSSR count). The molecule has 19 heavy (non-hydrogen) atoms. The summed E-state index contributed by atoms with van der Waals surface area (Å²) in [4.78, 5) is 12.3. The van der Waals surface area contributed by atoms with Crippen molar-refractivity contribution in [2.45, 2.75) is 38.5 Å². The number of hydrogen-bond donors (Lipinski definition) is 0. The average molecular weight is 256 g/mol. The lowest BCUT2D eigenvalue weighted by Crippen LogP contribution is -2.37. The van der Waals surface area contributed by atoms with Crippen LogP contribution in [0.4, 0.5) is 0 Å². The van der Waals surface area contributed by atoms with E-state index in [1.165, 1.54) is 18.4 Å². The summed E-state index contributed by atoms with van der Waals surface area (Å²) in [7, 11) is 1.68. The lowest BCUT2D eigenvalue weighted by atomic mass is 9.60. The smallest absolute Gasteiger partial charge is 0.186 e. The van der Waals surface area contributed by atoms with Crippen LogP contribution < -0.4 is 4.74 Å². The van der Waals surface area contributed by atoms with Crippen LogP contribution in [0, 0.1) is 5.92 Å². The predicted octanol–water partition coefficient (Wildman–Crippen LogP) is 3.90. The summed E-state index contributed by atoms with van der Waals surface area (Å²) >= 11 is 0.